The van der Waals surface area contributed by atoms with Gasteiger partial charge in [0.25, 0.3) is 0 Å². The highest BCUT2D eigenvalue weighted by Gasteiger charge is 2.15. The van der Waals surface area contributed by atoms with Crippen molar-refractivity contribution in [3.63, 3.8) is 0 Å². The summed E-state index contributed by atoms with van der Waals surface area (Å²) < 4.78 is 6.00. The molecule has 0 aliphatic rings. The van der Waals surface area contributed by atoms with Gasteiger partial charge >= 0.3 is 0 Å². The van der Waals surface area contributed by atoms with E-state index < -0.39 is 0 Å². The fraction of sp³-hybridized carbons (Fsp3) is 0.351. The van der Waals surface area contributed by atoms with Gasteiger partial charge in [-0.15, -0.1) is 0 Å². The minimum atomic E-state index is 0.570. The summed E-state index contributed by atoms with van der Waals surface area (Å²) in [5.41, 5.74) is 12.1. The van der Waals surface area contributed by atoms with Crippen molar-refractivity contribution in [2.45, 2.75) is 67.2 Å². The lowest BCUT2D eigenvalue weighted by Gasteiger charge is -2.18. The molecule has 4 aromatic rings. The maximum atomic E-state index is 6.00. The fourth-order valence-corrected chi connectivity index (χ4v) is 5.40. The molecule has 0 bridgehead atoms. The summed E-state index contributed by atoms with van der Waals surface area (Å²) in [7, 11) is 0. The maximum absolute atomic E-state index is 6.00. The molecule has 0 fully saturated rings. The Balaban J connectivity index is 1.84. The summed E-state index contributed by atoms with van der Waals surface area (Å²) in [5.74, 6) is 2.20. The molecule has 1 heteroatoms. The van der Waals surface area contributed by atoms with E-state index in [9.17, 15) is 0 Å². The first-order valence-corrected chi connectivity index (χ1v) is 14.4. The van der Waals surface area contributed by atoms with Gasteiger partial charge in [0.1, 0.15) is 5.75 Å². The zero-order valence-corrected chi connectivity index (χ0v) is 24.2. The molecule has 0 atom stereocenters. The van der Waals surface area contributed by atoms with Crippen LogP contribution in [-0.4, -0.2) is 6.61 Å². The van der Waals surface area contributed by atoms with Crippen LogP contribution in [0.1, 0.15) is 69.4 Å². The predicted octanol–water partition coefficient (Wildman–Crippen LogP) is 9.97. The Labute approximate surface area is 230 Å². The first-order valence-electron chi connectivity index (χ1n) is 14.4. The molecule has 4 rings (SSSR count). The highest BCUT2D eigenvalue weighted by molar-refractivity contribution is 5.76. The lowest BCUT2D eigenvalue weighted by molar-refractivity contribution is 0.335. The predicted molar refractivity (Wildman–Crippen MR) is 164 cm³/mol. The van der Waals surface area contributed by atoms with E-state index in [0.717, 1.165) is 31.4 Å². The zero-order chi connectivity index (χ0) is 27.1. The number of hydrogen-bond donors (Lipinski definition) is 0. The topological polar surface area (TPSA) is 9.23 Å². The smallest absolute Gasteiger partial charge is 0.122 e. The van der Waals surface area contributed by atoms with Gasteiger partial charge in [0.05, 0.1) is 6.61 Å². The molecule has 1 nitrogen and oxygen atoms in total. The quantitative estimate of drug-likeness (QED) is 0.197. The van der Waals surface area contributed by atoms with Gasteiger partial charge in [0.15, 0.2) is 0 Å². The van der Waals surface area contributed by atoms with Crippen molar-refractivity contribution in [1.29, 1.82) is 0 Å². The van der Waals surface area contributed by atoms with E-state index in [4.69, 9.17) is 4.74 Å². The summed E-state index contributed by atoms with van der Waals surface area (Å²) in [4.78, 5) is 0. The van der Waals surface area contributed by atoms with Gasteiger partial charge in [0.2, 0.25) is 0 Å². The van der Waals surface area contributed by atoms with Crippen LogP contribution in [0.25, 0.3) is 22.3 Å². The molecule has 0 amide bonds. The van der Waals surface area contributed by atoms with E-state index in [-0.39, 0.29) is 0 Å². The van der Waals surface area contributed by atoms with Crippen molar-refractivity contribution in [1.82, 2.24) is 0 Å². The molecule has 198 valence electrons. The van der Waals surface area contributed by atoms with Crippen LogP contribution in [0, 0.1) is 11.8 Å². The Bertz CT molecular complexity index is 1330. The summed E-state index contributed by atoms with van der Waals surface area (Å²) in [6.07, 6.45) is 4.08. The molecule has 0 aliphatic carbocycles. The summed E-state index contributed by atoms with van der Waals surface area (Å²) in [5, 5.41) is 0. The molecule has 0 spiro atoms. The summed E-state index contributed by atoms with van der Waals surface area (Å²) in [6.45, 7) is 14.2. The van der Waals surface area contributed by atoms with Crippen LogP contribution in [0.3, 0.4) is 0 Å². The molecule has 4 aromatic carbocycles. The minimum absolute atomic E-state index is 0.570. The van der Waals surface area contributed by atoms with Crippen LogP contribution in [0.5, 0.6) is 5.75 Å². The van der Waals surface area contributed by atoms with E-state index in [0.29, 0.717) is 18.4 Å². The van der Waals surface area contributed by atoms with Crippen LogP contribution in [0.15, 0.2) is 84.9 Å². The number of rotatable bonds is 11. The average molecular weight is 505 g/mol. The Hall–Kier alpha value is -3.32. The van der Waals surface area contributed by atoms with Gasteiger partial charge in [-0.25, -0.2) is 0 Å². The monoisotopic (exact) mass is 504 g/mol. The summed E-state index contributed by atoms with van der Waals surface area (Å²) >= 11 is 0. The number of ether oxygens (including phenoxy) is 1. The minimum Gasteiger partial charge on any atom is -0.494 e. The van der Waals surface area contributed by atoms with Crippen molar-refractivity contribution in [3.05, 3.63) is 113 Å². The molecular formula is C37H44O. The van der Waals surface area contributed by atoms with Crippen LogP contribution >= 0.6 is 0 Å². The standard InChI is InChI=1S/C37H44O/c1-7-28-14-17-35(32(22-28)20-26(3)4)30-15-18-36(33(24-30)23-29-12-10-9-11-13-29)31-16-19-37(38-8-2)34(25-31)21-27(5)6/h9-19,22,24-27H,7-8,20-21,23H2,1-6H3. The van der Waals surface area contributed by atoms with Gasteiger partial charge in [-0.05, 0) is 107 Å². The maximum Gasteiger partial charge on any atom is 0.122 e. The number of hydrogen-bond acceptors (Lipinski definition) is 1. The lowest BCUT2D eigenvalue weighted by atomic mass is 9.87. The van der Waals surface area contributed by atoms with E-state index in [1.807, 2.05) is 0 Å². The van der Waals surface area contributed by atoms with E-state index in [1.54, 1.807) is 0 Å². The lowest BCUT2D eigenvalue weighted by Crippen LogP contribution is -2.02. The first kappa shape index (κ1) is 27.7. The van der Waals surface area contributed by atoms with Crippen molar-refractivity contribution in [2.75, 3.05) is 6.61 Å². The van der Waals surface area contributed by atoms with E-state index in [1.165, 1.54) is 50.1 Å². The molecule has 0 radical (unpaired) electrons. The number of aryl methyl sites for hydroxylation is 1. The molecule has 0 saturated heterocycles. The van der Waals surface area contributed by atoms with Crippen LogP contribution < -0.4 is 4.74 Å². The van der Waals surface area contributed by atoms with E-state index in [2.05, 4.69) is 126 Å². The Kier molecular flexibility index (Phi) is 9.45. The van der Waals surface area contributed by atoms with Gasteiger partial charge in [-0.1, -0.05) is 107 Å². The second kappa shape index (κ2) is 13.0. The molecule has 0 N–H and O–H groups in total. The van der Waals surface area contributed by atoms with Gasteiger partial charge in [-0.3, -0.25) is 0 Å². The Morgan fingerprint density at radius 2 is 1.18 bits per heavy atom. The third-order valence-corrected chi connectivity index (χ3v) is 7.16. The second-order valence-corrected chi connectivity index (χ2v) is 11.3. The molecule has 0 saturated carbocycles. The zero-order valence-electron chi connectivity index (χ0n) is 24.2. The molecule has 0 aliphatic heterocycles. The molecular weight excluding hydrogens is 460 g/mol. The van der Waals surface area contributed by atoms with Gasteiger partial charge in [-0.2, -0.15) is 0 Å². The van der Waals surface area contributed by atoms with Crippen LogP contribution in [-0.2, 0) is 25.7 Å². The van der Waals surface area contributed by atoms with Gasteiger partial charge in [0, 0.05) is 0 Å². The summed E-state index contributed by atoms with van der Waals surface area (Å²) in [6, 6.07) is 31.8. The Morgan fingerprint density at radius 3 is 1.84 bits per heavy atom. The SMILES string of the molecule is CCOc1ccc(-c2ccc(-c3ccc(CC)cc3CC(C)C)cc2Cc2ccccc2)cc1CC(C)C. The van der Waals surface area contributed by atoms with Crippen LogP contribution in [0.4, 0.5) is 0 Å². The van der Waals surface area contributed by atoms with Crippen LogP contribution in [0.2, 0.25) is 0 Å². The third kappa shape index (κ3) is 6.95. The Morgan fingerprint density at radius 1 is 0.579 bits per heavy atom. The molecule has 0 heterocycles. The van der Waals surface area contributed by atoms with Crippen molar-refractivity contribution in [3.8, 4) is 28.0 Å². The fourth-order valence-electron chi connectivity index (χ4n) is 5.40. The highest BCUT2D eigenvalue weighted by atomic mass is 16.5. The molecule has 0 unspecified atom stereocenters. The second-order valence-electron chi connectivity index (χ2n) is 11.3. The normalized spacial score (nSPS) is 11.4. The van der Waals surface area contributed by atoms with E-state index >= 15 is 0 Å². The van der Waals surface area contributed by atoms with Gasteiger partial charge < -0.3 is 4.74 Å². The largest absolute Gasteiger partial charge is 0.494 e. The molecule has 38 heavy (non-hydrogen) atoms. The van der Waals surface area contributed by atoms with Crippen molar-refractivity contribution >= 4 is 0 Å². The van der Waals surface area contributed by atoms with Crippen molar-refractivity contribution < 1.29 is 4.74 Å². The van der Waals surface area contributed by atoms with Crippen molar-refractivity contribution in [2.24, 2.45) is 11.8 Å². The molecule has 0 aromatic heterocycles. The third-order valence-electron chi connectivity index (χ3n) is 7.16. The highest BCUT2D eigenvalue weighted by Crippen LogP contribution is 2.35. The first-order chi connectivity index (χ1) is 18.4. The number of benzene rings is 4. The average Bonchev–Trinajstić information content (AvgIpc) is 2.90.